The van der Waals surface area contributed by atoms with Crippen LogP contribution in [0.2, 0.25) is 0 Å². The molecule has 2 aromatic carbocycles. The topological polar surface area (TPSA) is 16.2 Å². The van der Waals surface area contributed by atoms with Crippen LogP contribution in [0.3, 0.4) is 0 Å². The van der Waals surface area contributed by atoms with E-state index in [9.17, 15) is 0 Å². The van der Waals surface area contributed by atoms with Crippen molar-refractivity contribution in [1.82, 2.24) is 0 Å². The smallest absolute Gasteiger partial charge is 0.248 e. The lowest BCUT2D eigenvalue weighted by Gasteiger charge is -2.00. The van der Waals surface area contributed by atoms with E-state index >= 15 is 0 Å². The lowest BCUT2D eigenvalue weighted by Crippen LogP contribution is -2.36. The van der Waals surface area contributed by atoms with Crippen molar-refractivity contribution in [2.45, 2.75) is 20.3 Å². The van der Waals surface area contributed by atoms with E-state index in [-0.39, 0.29) is 0 Å². The van der Waals surface area contributed by atoms with E-state index in [1.54, 1.807) is 11.3 Å². The molecule has 0 saturated heterocycles. The van der Waals surface area contributed by atoms with Gasteiger partial charge < -0.3 is 0 Å². The minimum atomic E-state index is 0.863. The molecule has 2 nitrogen and oxygen atoms in total. The monoisotopic (exact) mass is 307 g/mol. The summed E-state index contributed by atoms with van der Waals surface area (Å²) in [5.41, 5.74) is 4.61. The first-order valence-corrected chi connectivity index (χ1v) is 8.25. The van der Waals surface area contributed by atoms with E-state index < -0.39 is 0 Å². The van der Waals surface area contributed by atoms with E-state index in [1.807, 2.05) is 36.4 Å². The molecular weight excluding hydrogens is 288 g/mol. The van der Waals surface area contributed by atoms with Gasteiger partial charge in [0, 0.05) is 24.8 Å². The molecule has 0 saturated carbocycles. The molecule has 0 bridgehead atoms. The standard InChI is InChI=1S/C19H19N2S/c1-15(20-17-9-5-3-6-10-17)13-19-21(16(2)14-22-19)18-11-7-4-8-12-18/h3-12,14H,13H2,1-2H3/q+1. The van der Waals surface area contributed by atoms with Gasteiger partial charge in [0.15, 0.2) is 5.69 Å². The van der Waals surface area contributed by atoms with Crippen molar-refractivity contribution in [3.63, 3.8) is 0 Å². The molecule has 110 valence electrons. The number of nitrogens with zero attached hydrogens (tertiary/aromatic N) is 2. The van der Waals surface area contributed by atoms with Crippen LogP contribution in [0.1, 0.15) is 17.6 Å². The van der Waals surface area contributed by atoms with Crippen LogP contribution < -0.4 is 4.57 Å². The number of aryl methyl sites for hydroxylation is 1. The summed E-state index contributed by atoms with van der Waals surface area (Å²) in [6, 6.07) is 20.6. The molecule has 0 aliphatic rings. The lowest BCUT2D eigenvalue weighted by molar-refractivity contribution is -0.604. The molecule has 0 atom stereocenters. The van der Waals surface area contributed by atoms with Gasteiger partial charge in [-0.15, -0.1) is 0 Å². The number of thiazole rings is 1. The zero-order valence-corrected chi connectivity index (χ0v) is 13.7. The minimum Gasteiger partial charge on any atom is -0.258 e. The summed E-state index contributed by atoms with van der Waals surface area (Å²) in [6.07, 6.45) is 0.863. The van der Waals surface area contributed by atoms with Gasteiger partial charge in [-0.3, -0.25) is 4.99 Å². The highest BCUT2D eigenvalue weighted by molar-refractivity contribution is 7.09. The molecule has 1 heterocycles. The third-order valence-electron chi connectivity index (χ3n) is 3.47. The zero-order valence-electron chi connectivity index (χ0n) is 12.9. The van der Waals surface area contributed by atoms with E-state index in [1.165, 1.54) is 16.4 Å². The van der Waals surface area contributed by atoms with Crippen LogP contribution in [0, 0.1) is 6.92 Å². The van der Waals surface area contributed by atoms with Gasteiger partial charge in [-0.05, 0) is 19.1 Å². The molecule has 0 aliphatic heterocycles. The van der Waals surface area contributed by atoms with Crippen LogP contribution in [0.15, 0.2) is 71.0 Å². The molecule has 22 heavy (non-hydrogen) atoms. The average molecular weight is 307 g/mol. The Morgan fingerprint density at radius 1 is 1.00 bits per heavy atom. The molecule has 0 radical (unpaired) electrons. The predicted molar refractivity (Wildman–Crippen MR) is 93.5 cm³/mol. The van der Waals surface area contributed by atoms with Crippen molar-refractivity contribution in [1.29, 1.82) is 0 Å². The summed E-state index contributed by atoms with van der Waals surface area (Å²) < 4.78 is 2.31. The highest BCUT2D eigenvalue weighted by atomic mass is 32.1. The second-order valence-electron chi connectivity index (χ2n) is 5.30. The van der Waals surface area contributed by atoms with E-state index in [4.69, 9.17) is 4.99 Å². The van der Waals surface area contributed by atoms with Crippen LogP contribution in [0.25, 0.3) is 5.69 Å². The summed E-state index contributed by atoms with van der Waals surface area (Å²) in [6.45, 7) is 4.24. The van der Waals surface area contributed by atoms with Crippen molar-refractivity contribution < 1.29 is 4.57 Å². The van der Waals surface area contributed by atoms with Gasteiger partial charge in [0.1, 0.15) is 0 Å². The van der Waals surface area contributed by atoms with Gasteiger partial charge in [-0.25, -0.2) is 0 Å². The van der Waals surface area contributed by atoms with Crippen LogP contribution in [-0.4, -0.2) is 5.71 Å². The normalized spacial score (nSPS) is 11.6. The summed E-state index contributed by atoms with van der Waals surface area (Å²) >= 11 is 1.79. The molecule has 3 rings (SSSR count). The van der Waals surface area contributed by atoms with Crippen molar-refractivity contribution in [2.75, 3.05) is 0 Å². The molecular formula is C19H19N2S+. The second kappa shape index (κ2) is 6.67. The van der Waals surface area contributed by atoms with Gasteiger partial charge in [0.05, 0.1) is 17.5 Å². The first kappa shape index (κ1) is 14.7. The number of hydrogen-bond acceptors (Lipinski definition) is 2. The van der Waals surface area contributed by atoms with Gasteiger partial charge in [0.2, 0.25) is 10.7 Å². The first-order valence-electron chi connectivity index (χ1n) is 7.38. The van der Waals surface area contributed by atoms with Gasteiger partial charge in [-0.2, -0.15) is 4.57 Å². The predicted octanol–water partition coefficient (Wildman–Crippen LogP) is 4.67. The van der Waals surface area contributed by atoms with Gasteiger partial charge >= 0.3 is 0 Å². The number of benzene rings is 2. The Hall–Kier alpha value is -2.26. The Labute approximate surface area is 135 Å². The molecule has 0 spiro atoms. The maximum Gasteiger partial charge on any atom is 0.248 e. The van der Waals surface area contributed by atoms with Crippen molar-refractivity contribution >= 4 is 22.7 Å². The molecule has 0 fully saturated rings. The summed E-state index contributed by atoms with van der Waals surface area (Å²) in [7, 11) is 0. The summed E-state index contributed by atoms with van der Waals surface area (Å²) in [4.78, 5) is 4.71. The van der Waals surface area contributed by atoms with Crippen LogP contribution in [0.4, 0.5) is 5.69 Å². The first-order chi connectivity index (χ1) is 10.7. The van der Waals surface area contributed by atoms with Gasteiger partial charge in [0.25, 0.3) is 0 Å². The highest BCUT2D eigenvalue weighted by Gasteiger charge is 2.20. The second-order valence-corrected chi connectivity index (χ2v) is 6.24. The van der Waals surface area contributed by atoms with E-state index in [2.05, 4.69) is 48.1 Å². The maximum absolute atomic E-state index is 4.71. The zero-order chi connectivity index (χ0) is 15.4. The molecule has 0 unspecified atom stereocenters. The Morgan fingerprint density at radius 2 is 1.64 bits per heavy atom. The summed E-state index contributed by atoms with van der Waals surface area (Å²) in [5, 5.41) is 3.51. The SMILES string of the molecule is CC(Cc1scc(C)[n+]1-c1ccccc1)=Nc1ccccc1. The van der Waals surface area contributed by atoms with E-state index in [0.717, 1.165) is 17.8 Å². The lowest BCUT2D eigenvalue weighted by atomic mass is 10.2. The number of rotatable bonds is 4. The average Bonchev–Trinajstić information content (AvgIpc) is 2.89. The van der Waals surface area contributed by atoms with Crippen molar-refractivity contribution in [3.8, 4) is 5.69 Å². The van der Waals surface area contributed by atoms with Crippen molar-refractivity contribution in [3.05, 3.63) is 76.7 Å². The number of aliphatic imine (C=N–C) groups is 1. The van der Waals surface area contributed by atoms with E-state index in [0.29, 0.717) is 0 Å². The summed E-state index contributed by atoms with van der Waals surface area (Å²) in [5.74, 6) is 0. The highest BCUT2D eigenvalue weighted by Crippen LogP contribution is 2.15. The van der Waals surface area contributed by atoms with Crippen LogP contribution in [0.5, 0.6) is 0 Å². The molecule has 3 heteroatoms. The fraction of sp³-hybridized carbons (Fsp3) is 0.158. The molecule has 0 aliphatic carbocycles. The molecule has 0 N–H and O–H groups in total. The number of para-hydroxylation sites is 2. The fourth-order valence-corrected chi connectivity index (χ4v) is 3.54. The molecule has 3 aromatic rings. The van der Waals surface area contributed by atoms with Crippen LogP contribution >= 0.6 is 11.3 Å². The molecule has 1 aromatic heterocycles. The number of hydrogen-bond donors (Lipinski definition) is 0. The Kier molecular flexibility index (Phi) is 4.45. The Bertz CT molecular complexity index is 774. The quantitative estimate of drug-likeness (QED) is 0.492. The maximum atomic E-state index is 4.71. The fourth-order valence-electron chi connectivity index (χ4n) is 2.48. The largest absolute Gasteiger partial charge is 0.258 e. The van der Waals surface area contributed by atoms with Crippen molar-refractivity contribution in [2.24, 2.45) is 4.99 Å². The third-order valence-corrected chi connectivity index (χ3v) is 4.52. The minimum absolute atomic E-state index is 0.863. The Morgan fingerprint density at radius 3 is 2.32 bits per heavy atom. The number of aromatic nitrogens is 1. The molecule has 0 amide bonds. The Balaban J connectivity index is 1.89. The van der Waals surface area contributed by atoms with Crippen LogP contribution in [-0.2, 0) is 6.42 Å². The third kappa shape index (κ3) is 3.31. The van der Waals surface area contributed by atoms with Gasteiger partial charge in [-0.1, -0.05) is 47.7 Å².